The SMILES string of the molecule is Cc1cc(F)c([C@]2(C)CS(=O)(=O)C(C)(CC(F)(F)F)C(N)=N2)s1. The monoisotopic (exact) mass is 372 g/mol. The Morgan fingerprint density at radius 1 is 1.39 bits per heavy atom. The first kappa shape index (κ1) is 18.2. The van der Waals surface area contributed by atoms with E-state index in [9.17, 15) is 26.0 Å². The molecule has 0 bridgehead atoms. The van der Waals surface area contributed by atoms with Crippen molar-refractivity contribution in [1.82, 2.24) is 0 Å². The molecule has 23 heavy (non-hydrogen) atoms. The second-order valence-corrected chi connectivity index (χ2v) is 9.76. The molecule has 1 unspecified atom stereocenters. The first-order valence-corrected chi connectivity index (χ1v) is 9.08. The molecule has 1 aliphatic rings. The molecule has 0 amide bonds. The second-order valence-electron chi connectivity index (χ2n) is 6.09. The zero-order valence-corrected chi connectivity index (χ0v) is 14.3. The first-order chi connectivity index (χ1) is 10.2. The smallest absolute Gasteiger partial charge is 0.386 e. The number of nitrogens with two attached hydrogens (primary N) is 1. The molecule has 0 aliphatic carbocycles. The lowest BCUT2D eigenvalue weighted by Gasteiger charge is -2.39. The van der Waals surface area contributed by atoms with Crippen molar-refractivity contribution < 1.29 is 26.0 Å². The Bertz CT molecular complexity index is 769. The zero-order chi connectivity index (χ0) is 17.8. The van der Waals surface area contributed by atoms with E-state index < -0.39 is 50.1 Å². The van der Waals surface area contributed by atoms with Crippen LogP contribution in [0.15, 0.2) is 11.1 Å². The van der Waals surface area contributed by atoms with Crippen LogP contribution in [0.25, 0.3) is 0 Å². The van der Waals surface area contributed by atoms with Gasteiger partial charge < -0.3 is 5.73 Å². The molecule has 2 rings (SSSR count). The number of hydrogen-bond acceptors (Lipinski definition) is 5. The Balaban J connectivity index is 2.60. The third-order valence-corrected chi connectivity index (χ3v) is 7.85. The normalized spacial score (nSPS) is 31.0. The minimum atomic E-state index is -4.72. The van der Waals surface area contributed by atoms with Gasteiger partial charge in [0, 0.05) is 4.88 Å². The quantitative estimate of drug-likeness (QED) is 0.812. The maximum Gasteiger partial charge on any atom is 0.391 e. The van der Waals surface area contributed by atoms with Gasteiger partial charge in [-0.2, -0.15) is 13.2 Å². The average Bonchev–Trinajstić information content (AvgIpc) is 2.64. The predicted molar refractivity (Wildman–Crippen MR) is 80.9 cm³/mol. The number of alkyl halides is 3. The van der Waals surface area contributed by atoms with Gasteiger partial charge >= 0.3 is 6.18 Å². The van der Waals surface area contributed by atoms with Crippen molar-refractivity contribution in [2.24, 2.45) is 10.7 Å². The highest BCUT2D eigenvalue weighted by Gasteiger charge is 2.56. The molecule has 0 aromatic carbocycles. The number of rotatable bonds is 2. The van der Waals surface area contributed by atoms with Crippen molar-refractivity contribution >= 4 is 27.0 Å². The summed E-state index contributed by atoms with van der Waals surface area (Å²) in [5.74, 6) is -2.01. The highest BCUT2D eigenvalue weighted by atomic mass is 32.2. The molecular weight excluding hydrogens is 356 g/mol. The van der Waals surface area contributed by atoms with E-state index in [1.165, 1.54) is 13.0 Å². The lowest BCUT2D eigenvalue weighted by Crippen LogP contribution is -2.58. The number of hydrogen-bond donors (Lipinski definition) is 1. The van der Waals surface area contributed by atoms with Crippen molar-refractivity contribution in [2.45, 2.75) is 43.7 Å². The molecule has 2 heterocycles. The van der Waals surface area contributed by atoms with Gasteiger partial charge in [0.05, 0.1) is 17.1 Å². The van der Waals surface area contributed by atoms with Crippen molar-refractivity contribution in [3.05, 3.63) is 21.6 Å². The minimum Gasteiger partial charge on any atom is -0.386 e. The van der Waals surface area contributed by atoms with Crippen LogP contribution in [0.2, 0.25) is 0 Å². The molecule has 0 fully saturated rings. The van der Waals surface area contributed by atoms with E-state index >= 15 is 0 Å². The van der Waals surface area contributed by atoms with Crippen LogP contribution in [0.4, 0.5) is 17.6 Å². The van der Waals surface area contributed by atoms with E-state index in [0.717, 1.165) is 18.3 Å². The maximum atomic E-state index is 14.0. The second kappa shape index (κ2) is 5.17. The topological polar surface area (TPSA) is 72.5 Å². The Labute approximate surface area is 135 Å². The van der Waals surface area contributed by atoms with Crippen LogP contribution in [0.5, 0.6) is 0 Å². The minimum absolute atomic E-state index is 0.0515. The third kappa shape index (κ3) is 3.10. The van der Waals surface area contributed by atoms with Crippen LogP contribution in [0.1, 0.15) is 30.0 Å². The van der Waals surface area contributed by atoms with E-state index in [0.29, 0.717) is 4.88 Å². The summed E-state index contributed by atoms with van der Waals surface area (Å²) < 4.78 is 75.0. The Morgan fingerprint density at radius 2 is 1.96 bits per heavy atom. The lowest BCUT2D eigenvalue weighted by molar-refractivity contribution is -0.137. The summed E-state index contributed by atoms with van der Waals surface area (Å²) in [6.45, 7) is 3.90. The highest BCUT2D eigenvalue weighted by molar-refractivity contribution is 7.93. The summed E-state index contributed by atoms with van der Waals surface area (Å²) in [5.41, 5.74) is 4.09. The third-order valence-electron chi connectivity index (χ3n) is 3.90. The van der Waals surface area contributed by atoms with Gasteiger partial charge in [0.25, 0.3) is 0 Å². The molecule has 0 saturated carbocycles. The molecule has 10 heteroatoms. The average molecular weight is 372 g/mol. The van der Waals surface area contributed by atoms with Gasteiger partial charge in [0.1, 0.15) is 21.9 Å². The standard InChI is InChI=1S/C13H16F4N2O2S2/c1-7-4-8(14)9(22-7)11(2)6-23(20,21)12(3,10(18)19-11)5-13(15,16)17/h4H,5-6H2,1-3H3,(H2,18,19)/t11-,12?/m0/s1. The summed E-state index contributed by atoms with van der Waals surface area (Å²) in [6.07, 6.45) is -6.35. The lowest BCUT2D eigenvalue weighted by atomic mass is 9.99. The molecular formula is C13H16F4N2O2S2. The number of aryl methyl sites for hydroxylation is 1. The van der Waals surface area contributed by atoms with Crippen LogP contribution >= 0.6 is 11.3 Å². The molecule has 0 saturated heterocycles. The Hall–Kier alpha value is -1.16. The van der Waals surface area contributed by atoms with Crippen LogP contribution in [0, 0.1) is 12.7 Å². The Kier molecular flexibility index (Phi) is 4.09. The van der Waals surface area contributed by atoms with E-state index in [-0.39, 0.29) is 4.88 Å². The number of halogens is 4. The molecule has 1 aliphatic heterocycles. The Morgan fingerprint density at radius 3 is 2.35 bits per heavy atom. The van der Waals surface area contributed by atoms with Crippen LogP contribution < -0.4 is 5.73 Å². The molecule has 4 nitrogen and oxygen atoms in total. The van der Waals surface area contributed by atoms with Crippen molar-refractivity contribution in [2.75, 3.05) is 5.75 Å². The molecule has 0 radical (unpaired) electrons. The summed E-state index contributed by atoms with van der Waals surface area (Å²) in [4.78, 5) is 4.63. The molecule has 130 valence electrons. The molecule has 2 N–H and O–H groups in total. The van der Waals surface area contributed by atoms with Gasteiger partial charge in [-0.1, -0.05) is 0 Å². The van der Waals surface area contributed by atoms with Gasteiger partial charge in [-0.25, -0.2) is 12.8 Å². The van der Waals surface area contributed by atoms with E-state index in [4.69, 9.17) is 5.73 Å². The van der Waals surface area contributed by atoms with Crippen molar-refractivity contribution in [3.63, 3.8) is 0 Å². The van der Waals surface area contributed by atoms with Crippen molar-refractivity contribution in [3.8, 4) is 0 Å². The van der Waals surface area contributed by atoms with Gasteiger partial charge in [0.15, 0.2) is 9.84 Å². The highest BCUT2D eigenvalue weighted by Crippen LogP contribution is 2.44. The van der Waals surface area contributed by atoms with Crippen LogP contribution in [-0.2, 0) is 15.4 Å². The fourth-order valence-corrected chi connectivity index (χ4v) is 5.74. The number of aliphatic imine (C=N–C) groups is 1. The summed E-state index contributed by atoms with van der Waals surface area (Å²) in [7, 11) is -4.30. The number of nitrogens with zero attached hydrogens (tertiary/aromatic N) is 1. The summed E-state index contributed by atoms with van der Waals surface area (Å²) >= 11 is 1.01. The van der Waals surface area contributed by atoms with Gasteiger partial charge in [0.2, 0.25) is 0 Å². The van der Waals surface area contributed by atoms with E-state index in [1.807, 2.05) is 0 Å². The first-order valence-electron chi connectivity index (χ1n) is 6.61. The van der Waals surface area contributed by atoms with Gasteiger partial charge in [-0.3, -0.25) is 4.99 Å². The molecule has 0 spiro atoms. The number of thiophene rings is 1. The fraction of sp³-hybridized carbons (Fsp3) is 0.615. The van der Waals surface area contributed by atoms with Crippen LogP contribution in [-0.4, -0.2) is 30.9 Å². The molecule has 2 atom stereocenters. The van der Waals surface area contributed by atoms with Crippen molar-refractivity contribution in [1.29, 1.82) is 0 Å². The van der Waals surface area contributed by atoms with E-state index in [1.54, 1.807) is 6.92 Å². The maximum absolute atomic E-state index is 14.0. The molecule has 1 aromatic heterocycles. The largest absolute Gasteiger partial charge is 0.391 e. The van der Waals surface area contributed by atoms with Gasteiger partial charge in [-0.05, 0) is 26.8 Å². The summed E-state index contributed by atoms with van der Waals surface area (Å²) in [6, 6.07) is 1.23. The number of sulfone groups is 1. The van der Waals surface area contributed by atoms with Gasteiger partial charge in [-0.15, -0.1) is 11.3 Å². The zero-order valence-electron chi connectivity index (χ0n) is 12.7. The van der Waals surface area contributed by atoms with Crippen LogP contribution in [0.3, 0.4) is 0 Å². The molecule has 1 aromatic rings. The predicted octanol–water partition coefficient (Wildman–Crippen LogP) is 2.91. The summed E-state index contributed by atoms with van der Waals surface area (Å²) in [5, 5.41) is 0. The van der Waals surface area contributed by atoms with E-state index in [2.05, 4.69) is 4.99 Å². The fourth-order valence-electron chi connectivity index (χ4n) is 2.65. The number of amidine groups is 1.